The lowest BCUT2D eigenvalue weighted by molar-refractivity contribution is -0.122. The second kappa shape index (κ2) is 7.84. The molecule has 0 aliphatic rings. The van der Waals surface area contributed by atoms with Gasteiger partial charge in [0.25, 0.3) is 11.8 Å². The Morgan fingerprint density at radius 3 is 2.58 bits per heavy atom. The monoisotopic (exact) mass is 346 g/mol. The fourth-order valence-electron chi connectivity index (χ4n) is 2.07. The number of nitrogens with one attached hydrogen (secondary N) is 2. The third kappa shape index (κ3) is 4.49. The Morgan fingerprint density at radius 1 is 1.17 bits per heavy atom. The van der Waals surface area contributed by atoms with Gasteiger partial charge < -0.3 is 15.4 Å². The van der Waals surface area contributed by atoms with Crippen LogP contribution in [0.25, 0.3) is 0 Å². The third-order valence-electron chi connectivity index (χ3n) is 3.46. The Balaban J connectivity index is 2.09. The first-order valence-corrected chi connectivity index (χ1v) is 7.84. The van der Waals surface area contributed by atoms with Gasteiger partial charge in [0.1, 0.15) is 5.75 Å². The average Bonchev–Trinajstić information content (AvgIpc) is 2.56. The molecular weight excluding hydrogens is 328 g/mol. The number of carbonyl (C=O) groups excluding carboxylic acids is 2. The van der Waals surface area contributed by atoms with E-state index in [9.17, 15) is 9.59 Å². The van der Waals surface area contributed by atoms with E-state index < -0.39 is 6.10 Å². The highest BCUT2D eigenvalue weighted by Gasteiger charge is 2.17. The van der Waals surface area contributed by atoms with E-state index in [1.807, 2.05) is 6.92 Å². The SMILES string of the molecule is CNC(=O)c1ccc(C)c(NC(=O)C(C)Oc2cccc(Cl)c2)c1. The van der Waals surface area contributed by atoms with Gasteiger partial charge in [-0.15, -0.1) is 0 Å². The summed E-state index contributed by atoms with van der Waals surface area (Å²) in [6.07, 6.45) is -0.716. The van der Waals surface area contributed by atoms with Crippen LogP contribution < -0.4 is 15.4 Å². The highest BCUT2D eigenvalue weighted by Crippen LogP contribution is 2.20. The Bertz CT molecular complexity index is 762. The first-order chi connectivity index (χ1) is 11.4. The first kappa shape index (κ1) is 17.8. The minimum atomic E-state index is -0.716. The maximum absolute atomic E-state index is 12.3. The van der Waals surface area contributed by atoms with Crippen molar-refractivity contribution in [1.82, 2.24) is 5.32 Å². The summed E-state index contributed by atoms with van der Waals surface area (Å²) in [5.41, 5.74) is 1.90. The van der Waals surface area contributed by atoms with Gasteiger partial charge in [-0.25, -0.2) is 0 Å². The van der Waals surface area contributed by atoms with Crippen LogP contribution in [-0.2, 0) is 4.79 Å². The van der Waals surface area contributed by atoms with E-state index in [-0.39, 0.29) is 11.8 Å². The van der Waals surface area contributed by atoms with Crippen molar-refractivity contribution in [3.63, 3.8) is 0 Å². The zero-order valence-corrected chi connectivity index (χ0v) is 14.5. The molecule has 24 heavy (non-hydrogen) atoms. The molecule has 5 nitrogen and oxygen atoms in total. The zero-order valence-electron chi connectivity index (χ0n) is 13.7. The van der Waals surface area contributed by atoms with Crippen LogP contribution in [0.15, 0.2) is 42.5 Å². The van der Waals surface area contributed by atoms with Gasteiger partial charge in [0.05, 0.1) is 0 Å². The van der Waals surface area contributed by atoms with Crippen LogP contribution in [0.5, 0.6) is 5.75 Å². The zero-order chi connectivity index (χ0) is 17.7. The number of hydrogen-bond acceptors (Lipinski definition) is 3. The van der Waals surface area contributed by atoms with Crippen LogP contribution in [0, 0.1) is 6.92 Å². The van der Waals surface area contributed by atoms with Gasteiger partial charge in [-0.3, -0.25) is 9.59 Å². The molecule has 2 rings (SSSR count). The molecule has 0 heterocycles. The molecular formula is C18H19ClN2O3. The minimum absolute atomic E-state index is 0.214. The van der Waals surface area contributed by atoms with Crippen LogP contribution >= 0.6 is 11.6 Å². The van der Waals surface area contributed by atoms with Crippen LogP contribution in [0.1, 0.15) is 22.8 Å². The Hall–Kier alpha value is -2.53. The van der Waals surface area contributed by atoms with E-state index in [0.29, 0.717) is 22.0 Å². The molecule has 0 aliphatic heterocycles. The van der Waals surface area contributed by atoms with Gasteiger partial charge in [-0.05, 0) is 49.7 Å². The van der Waals surface area contributed by atoms with Crippen LogP contribution in [0.2, 0.25) is 5.02 Å². The Labute approximate surface area is 146 Å². The third-order valence-corrected chi connectivity index (χ3v) is 3.70. The summed E-state index contributed by atoms with van der Waals surface area (Å²) in [7, 11) is 1.56. The van der Waals surface area contributed by atoms with E-state index in [1.165, 1.54) is 0 Å². The van der Waals surface area contributed by atoms with Gasteiger partial charge in [0, 0.05) is 23.3 Å². The number of benzene rings is 2. The quantitative estimate of drug-likeness (QED) is 0.871. The van der Waals surface area contributed by atoms with Crippen LogP contribution in [0.3, 0.4) is 0 Å². The van der Waals surface area contributed by atoms with Gasteiger partial charge in [-0.2, -0.15) is 0 Å². The van der Waals surface area contributed by atoms with Crippen molar-refractivity contribution in [2.75, 3.05) is 12.4 Å². The summed E-state index contributed by atoms with van der Waals surface area (Å²) >= 11 is 5.90. The highest BCUT2D eigenvalue weighted by molar-refractivity contribution is 6.30. The lowest BCUT2D eigenvalue weighted by atomic mass is 10.1. The summed E-state index contributed by atoms with van der Waals surface area (Å²) < 4.78 is 5.59. The normalized spacial score (nSPS) is 11.5. The number of rotatable bonds is 5. The van der Waals surface area contributed by atoms with Crippen LogP contribution in [0.4, 0.5) is 5.69 Å². The molecule has 0 bridgehead atoms. The first-order valence-electron chi connectivity index (χ1n) is 7.46. The van der Waals surface area contributed by atoms with Crippen molar-refractivity contribution in [3.8, 4) is 5.75 Å². The molecule has 0 fully saturated rings. The standard InChI is InChI=1S/C18H19ClN2O3/c1-11-7-8-13(18(23)20-3)9-16(11)21-17(22)12(2)24-15-6-4-5-14(19)10-15/h4-10,12H,1-3H3,(H,20,23)(H,21,22). The maximum Gasteiger partial charge on any atom is 0.265 e. The molecule has 0 spiro atoms. The second-order valence-corrected chi connectivity index (χ2v) is 5.75. The molecule has 1 unspecified atom stereocenters. The molecule has 126 valence electrons. The number of amides is 2. The molecule has 0 aliphatic carbocycles. The Kier molecular flexibility index (Phi) is 5.82. The molecule has 0 saturated heterocycles. The van der Waals surface area contributed by atoms with E-state index >= 15 is 0 Å². The lowest BCUT2D eigenvalue weighted by Gasteiger charge is -2.16. The molecule has 1 atom stereocenters. The number of halogens is 1. The number of ether oxygens (including phenoxy) is 1. The fraction of sp³-hybridized carbons (Fsp3) is 0.222. The van der Waals surface area contributed by atoms with Crippen LogP contribution in [-0.4, -0.2) is 25.0 Å². The molecule has 2 N–H and O–H groups in total. The number of hydrogen-bond donors (Lipinski definition) is 2. The molecule has 0 saturated carbocycles. The molecule has 6 heteroatoms. The number of aryl methyl sites for hydroxylation is 1. The maximum atomic E-state index is 12.3. The van der Waals surface area contributed by atoms with Gasteiger partial charge in [0.15, 0.2) is 6.10 Å². The molecule has 0 radical (unpaired) electrons. The van der Waals surface area contributed by atoms with Crippen molar-refractivity contribution in [2.45, 2.75) is 20.0 Å². The lowest BCUT2D eigenvalue weighted by Crippen LogP contribution is -2.30. The summed E-state index contributed by atoms with van der Waals surface area (Å²) in [6, 6.07) is 12.0. The van der Waals surface area contributed by atoms with Crippen molar-refractivity contribution in [1.29, 1.82) is 0 Å². The topological polar surface area (TPSA) is 67.4 Å². The molecule has 2 aromatic carbocycles. The van der Waals surface area contributed by atoms with E-state index in [1.54, 1.807) is 56.4 Å². The number of carbonyl (C=O) groups is 2. The summed E-state index contributed by atoms with van der Waals surface area (Å²) in [5.74, 6) is -0.0122. The summed E-state index contributed by atoms with van der Waals surface area (Å²) in [5, 5.41) is 5.88. The van der Waals surface area contributed by atoms with Crippen molar-refractivity contribution in [3.05, 3.63) is 58.6 Å². The van der Waals surface area contributed by atoms with E-state index in [0.717, 1.165) is 5.56 Å². The minimum Gasteiger partial charge on any atom is -0.481 e. The fourth-order valence-corrected chi connectivity index (χ4v) is 2.25. The van der Waals surface area contributed by atoms with Crippen molar-refractivity contribution < 1.29 is 14.3 Å². The van der Waals surface area contributed by atoms with E-state index in [4.69, 9.17) is 16.3 Å². The number of anilines is 1. The van der Waals surface area contributed by atoms with Gasteiger partial charge >= 0.3 is 0 Å². The van der Waals surface area contributed by atoms with Crippen molar-refractivity contribution >= 4 is 29.1 Å². The average molecular weight is 347 g/mol. The van der Waals surface area contributed by atoms with E-state index in [2.05, 4.69) is 10.6 Å². The highest BCUT2D eigenvalue weighted by atomic mass is 35.5. The molecule has 0 aromatic heterocycles. The predicted molar refractivity (Wildman–Crippen MR) is 94.7 cm³/mol. The predicted octanol–water partition coefficient (Wildman–Crippen LogP) is 3.41. The summed E-state index contributed by atoms with van der Waals surface area (Å²) in [6.45, 7) is 3.50. The molecule has 2 amide bonds. The second-order valence-electron chi connectivity index (χ2n) is 5.32. The largest absolute Gasteiger partial charge is 0.481 e. The Morgan fingerprint density at radius 2 is 1.92 bits per heavy atom. The van der Waals surface area contributed by atoms with Crippen molar-refractivity contribution in [2.24, 2.45) is 0 Å². The smallest absolute Gasteiger partial charge is 0.265 e. The van der Waals surface area contributed by atoms with Gasteiger partial charge in [0.2, 0.25) is 0 Å². The summed E-state index contributed by atoms with van der Waals surface area (Å²) in [4.78, 5) is 24.0. The van der Waals surface area contributed by atoms with Gasteiger partial charge in [-0.1, -0.05) is 23.7 Å². The molecule has 2 aromatic rings.